The molecule has 0 fully saturated rings. The highest BCUT2D eigenvalue weighted by atomic mass is 16.5. The number of nitrogens with two attached hydrogens (primary N) is 1. The lowest BCUT2D eigenvalue weighted by Crippen LogP contribution is -2.49. The van der Waals surface area contributed by atoms with Crippen molar-refractivity contribution in [2.75, 3.05) is 6.61 Å². The fraction of sp³-hybridized carbons (Fsp3) is 0.786. The summed E-state index contributed by atoms with van der Waals surface area (Å²) in [5.41, 5.74) is 5.21. The van der Waals surface area contributed by atoms with Gasteiger partial charge in [-0.25, -0.2) is 0 Å². The average molecular weight is 268 g/mol. The summed E-state index contributed by atoms with van der Waals surface area (Å²) in [6.07, 6.45) is 1.88. The summed E-state index contributed by atoms with van der Waals surface area (Å²) in [6, 6.07) is 2.24. The van der Waals surface area contributed by atoms with Crippen molar-refractivity contribution in [2.24, 2.45) is 18.8 Å². The van der Waals surface area contributed by atoms with Crippen LogP contribution in [0.3, 0.4) is 0 Å². The first-order valence-corrected chi connectivity index (χ1v) is 7.12. The van der Waals surface area contributed by atoms with Crippen molar-refractivity contribution in [3.8, 4) is 0 Å². The van der Waals surface area contributed by atoms with Crippen LogP contribution in [0, 0.1) is 5.92 Å². The monoisotopic (exact) mass is 268 g/mol. The fourth-order valence-electron chi connectivity index (χ4n) is 2.40. The van der Waals surface area contributed by atoms with Crippen LogP contribution >= 0.6 is 0 Å². The summed E-state index contributed by atoms with van der Waals surface area (Å²) in [5, 5.41) is 4.47. The van der Waals surface area contributed by atoms with Gasteiger partial charge in [-0.15, -0.1) is 0 Å². The lowest BCUT2D eigenvalue weighted by Gasteiger charge is -2.29. The maximum absolute atomic E-state index is 5.83. The van der Waals surface area contributed by atoms with Crippen LogP contribution in [0.4, 0.5) is 0 Å². The van der Waals surface area contributed by atoms with Crippen molar-refractivity contribution in [1.29, 1.82) is 0 Å². The smallest absolute Gasteiger partial charge is 0.0767 e. The molecule has 0 saturated heterocycles. The number of hydrogen-bond donors (Lipinski definition) is 2. The van der Waals surface area contributed by atoms with Gasteiger partial charge in [0.25, 0.3) is 0 Å². The molecule has 0 aliphatic carbocycles. The zero-order valence-electron chi connectivity index (χ0n) is 12.8. The first-order valence-electron chi connectivity index (χ1n) is 7.12. The highest BCUT2D eigenvalue weighted by molar-refractivity contribution is 5.12. The molecule has 110 valence electrons. The molecule has 0 aliphatic heterocycles. The Bertz CT molecular complexity index is 376. The van der Waals surface area contributed by atoms with Crippen LogP contribution in [0.1, 0.15) is 39.1 Å². The molecule has 2 atom stereocenters. The summed E-state index contributed by atoms with van der Waals surface area (Å²) < 4.78 is 7.77. The number of hydrogen-bond acceptors (Lipinski definition) is 4. The Balaban J connectivity index is 2.81. The molecule has 1 aromatic heterocycles. The van der Waals surface area contributed by atoms with Gasteiger partial charge >= 0.3 is 0 Å². The molecule has 2 unspecified atom stereocenters. The maximum atomic E-state index is 5.83. The van der Waals surface area contributed by atoms with E-state index in [0.717, 1.165) is 18.5 Å². The standard InChI is InChI=1S/C14H28N4O/c1-6-11-8-12(18(5)17-11)9-13(16-15)14(10(3)4)19-7-2/h8,10,13-14,16H,6-7,9,15H2,1-5H3. The SMILES string of the molecule is CCOC(C(C)C)C(Cc1cc(CC)nn1C)NN. The second-order valence-electron chi connectivity index (χ2n) is 5.25. The van der Waals surface area contributed by atoms with Crippen LogP contribution < -0.4 is 11.3 Å². The third kappa shape index (κ3) is 4.30. The Hall–Kier alpha value is -0.910. The summed E-state index contributed by atoms with van der Waals surface area (Å²) >= 11 is 0. The van der Waals surface area contributed by atoms with Gasteiger partial charge in [-0.1, -0.05) is 20.8 Å². The van der Waals surface area contributed by atoms with E-state index in [1.54, 1.807) is 0 Å². The molecule has 5 nitrogen and oxygen atoms in total. The van der Waals surface area contributed by atoms with E-state index in [4.69, 9.17) is 10.6 Å². The van der Waals surface area contributed by atoms with Crippen molar-refractivity contribution in [3.63, 3.8) is 0 Å². The Morgan fingerprint density at radius 3 is 2.53 bits per heavy atom. The molecule has 0 aromatic carbocycles. The summed E-state index contributed by atoms with van der Waals surface area (Å²) in [5.74, 6) is 6.14. The van der Waals surface area contributed by atoms with Crippen molar-refractivity contribution in [2.45, 2.75) is 52.7 Å². The molecular weight excluding hydrogens is 240 g/mol. The van der Waals surface area contributed by atoms with Gasteiger partial charge in [0.2, 0.25) is 0 Å². The number of nitrogens with zero attached hydrogens (tertiary/aromatic N) is 2. The molecule has 1 rings (SSSR count). The van der Waals surface area contributed by atoms with Gasteiger partial charge in [0.05, 0.1) is 17.8 Å². The van der Waals surface area contributed by atoms with Crippen LogP contribution in [-0.4, -0.2) is 28.5 Å². The molecule has 0 spiro atoms. The third-order valence-corrected chi connectivity index (χ3v) is 3.45. The number of aryl methyl sites for hydroxylation is 2. The van der Waals surface area contributed by atoms with Crippen LogP contribution in [0.25, 0.3) is 0 Å². The first kappa shape index (κ1) is 16.1. The number of ether oxygens (including phenoxy) is 1. The number of rotatable bonds is 8. The van der Waals surface area contributed by atoms with Crippen LogP contribution in [0.15, 0.2) is 6.07 Å². The van der Waals surface area contributed by atoms with Crippen LogP contribution in [0.5, 0.6) is 0 Å². The largest absolute Gasteiger partial charge is 0.377 e. The lowest BCUT2D eigenvalue weighted by atomic mass is 9.96. The van der Waals surface area contributed by atoms with Crippen LogP contribution in [0.2, 0.25) is 0 Å². The molecule has 0 aliphatic rings. The van der Waals surface area contributed by atoms with E-state index in [1.165, 1.54) is 5.69 Å². The van der Waals surface area contributed by atoms with Gasteiger partial charge in [0.1, 0.15) is 0 Å². The minimum absolute atomic E-state index is 0.0973. The van der Waals surface area contributed by atoms with Crippen molar-refractivity contribution in [3.05, 3.63) is 17.5 Å². The predicted molar refractivity (Wildman–Crippen MR) is 77.7 cm³/mol. The predicted octanol–water partition coefficient (Wildman–Crippen LogP) is 1.42. The van der Waals surface area contributed by atoms with Crippen molar-refractivity contribution in [1.82, 2.24) is 15.2 Å². The van der Waals surface area contributed by atoms with E-state index < -0.39 is 0 Å². The van der Waals surface area contributed by atoms with Gasteiger partial charge < -0.3 is 4.74 Å². The molecule has 3 N–H and O–H groups in total. The molecular formula is C14H28N4O. The highest BCUT2D eigenvalue weighted by Crippen LogP contribution is 2.16. The van der Waals surface area contributed by atoms with Gasteiger partial charge in [0, 0.05) is 25.8 Å². The van der Waals surface area contributed by atoms with E-state index >= 15 is 0 Å². The van der Waals surface area contributed by atoms with Gasteiger partial charge in [0.15, 0.2) is 0 Å². The fourth-order valence-corrected chi connectivity index (χ4v) is 2.40. The zero-order valence-corrected chi connectivity index (χ0v) is 12.8. The first-order chi connectivity index (χ1) is 9.03. The van der Waals surface area contributed by atoms with E-state index in [2.05, 4.69) is 37.4 Å². The molecule has 0 bridgehead atoms. The second kappa shape index (κ2) is 7.62. The van der Waals surface area contributed by atoms with E-state index in [1.807, 2.05) is 18.7 Å². The molecule has 1 aromatic rings. The van der Waals surface area contributed by atoms with Gasteiger partial charge in [-0.05, 0) is 25.3 Å². The average Bonchev–Trinajstić information content (AvgIpc) is 2.74. The molecule has 0 amide bonds. The second-order valence-corrected chi connectivity index (χ2v) is 5.25. The lowest BCUT2D eigenvalue weighted by molar-refractivity contribution is 0.00316. The molecule has 0 radical (unpaired) electrons. The summed E-state index contributed by atoms with van der Waals surface area (Å²) in [6.45, 7) is 9.15. The topological polar surface area (TPSA) is 65.1 Å². The maximum Gasteiger partial charge on any atom is 0.0767 e. The normalized spacial score (nSPS) is 14.9. The summed E-state index contributed by atoms with van der Waals surface area (Å²) in [7, 11) is 1.98. The Labute approximate surface area is 116 Å². The zero-order chi connectivity index (χ0) is 14.4. The van der Waals surface area contributed by atoms with E-state index in [0.29, 0.717) is 12.5 Å². The molecule has 0 saturated carbocycles. The Morgan fingerprint density at radius 2 is 2.11 bits per heavy atom. The minimum atomic E-state index is 0.0973. The van der Waals surface area contributed by atoms with E-state index in [-0.39, 0.29) is 12.1 Å². The summed E-state index contributed by atoms with van der Waals surface area (Å²) in [4.78, 5) is 0. The Morgan fingerprint density at radius 1 is 1.42 bits per heavy atom. The van der Waals surface area contributed by atoms with Gasteiger partial charge in [-0.2, -0.15) is 5.10 Å². The highest BCUT2D eigenvalue weighted by Gasteiger charge is 2.25. The quantitative estimate of drug-likeness (QED) is 0.553. The minimum Gasteiger partial charge on any atom is -0.377 e. The number of nitrogens with one attached hydrogen (secondary N) is 1. The third-order valence-electron chi connectivity index (χ3n) is 3.45. The van der Waals surface area contributed by atoms with Gasteiger partial charge in [-0.3, -0.25) is 16.0 Å². The molecule has 19 heavy (non-hydrogen) atoms. The number of hydrazine groups is 1. The molecule has 5 heteroatoms. The molecule has 1 heterocycles. The van der Waals surface area contributed by atoms with Crippen molar-refractivity contribution < 1.29 is 4.74 Å². The van der Waals surface area contributed by atoms with E-state index in [9.17, 15) is 0 Å². The number of aromatic nitrogens is 2. The van der Waals surface area contributed by atoms with Crippen LogP contribution in [-0.2, 0) is 24.6 Å². The van der Waals surface area contributed by atoms with Crippen molar-refractivity contribution >= 4 is 0 Å². The Kier molecular flexibility index (Phi) is 6.48.